The molecule has 0 unspecified atom stereocenters. The summed E-state index contributed by atoms with van der Waals surface area (Å²) in [6.45, 7) is 2.09. The fourth-order valence-electron chi connectivity index (χ4n) is 4.50. The van der Waals surface area contributed by atoms with Crippen LogP contribution in [0.5, 0.6) is 5.75 Å². The first-order valence-electron chi connectivity index (χ1n) is 12.3. The van der Waals surface area contributed by atoms with Crippen LogP contribution in [-0.2, 0) is 22.2 Å². The fourth-order valence-corrected chi connectivity index (χ4v) is 4.50. The highest BCUT2D eigenvalue weighted by Crippen LogP contribution is 2.29. The van der Waals surface area contributed by atoms with Gasteiger partial charge in [0.05, 0.1) is 24.4 Å². The Balaban J connectivity index is 1.06. The smallest absolute Gasteiger partial charge is 0.416 e. The van der Waals surface area contributed by atoms with Crippen LogP contribution in [0.3, 0.4) is 0 Å². The largest absolute Gasteiger partial charge is 0.489 e. The van der Waals surface area contributed by atoms with Crippen LogP contribution in [0.1, 0.15) is 17.5 Å². The van der Waals surface area contributed by atoms with Crippen molar-refractivity contribution in [1.82, 2.24) is 15.1 Å². The predicted octanol–water partition coefficient (Wildman–Crippen LogP) is 3.79. The Hall–Kier alpha value is -4.15. The lowest BCUT2D eigenvalue weighted by molar-refractivity contribution is -0.137. The summed E-state index contributed by atoms with van der Waals surface area (Å²) in [6.07, 6.45) is -2.29. The number of carbonyl (C=O) groups excluding carboxylic acids is 2. The number of ether oxygens (including phenoxy) is 1. The van der Waals surface area contributed by atoms with Crippen molar-refractivity contribution in [1.29, 1.82) is 0 Å². The van der Waals surface area contributed by atoms with E-state index in [1.54, 1.807) is 35.4 Å². The molecule has 38 heavy (non-hydrogen) atoms. The Morgan fingerprint density at radius 3 is 2.39 bits per heavy atom. The molecule has 3 aromatic rings. The van der Waals surface area contributed by atoms with Crippen LogP contribution in [0.25, 0.3) is 0 Å². The number of hydrogen-bond donors (Lipinski definition) is 1. The lowest BCUT2D eigenvalue weighted by atomic mass is 9.99. The maximum Gasteiger partial charge on any atom is 0.416 e. The maximum atomic E-state index is 12.7. The number of carbonyl (C=O) groups is 2. The summed E-state index contributed by atoms with van der Waals surface area (Å²) < 4.78 is 44.2. The van der Waals surface area contributed by atoms with E-state index in [-0.39, 0.29) is 30.3 Å². The molecule has 2 aliphatic rings. The quantitative estimate of drug-likeness (QED) is 0.505. The minimum Gasteiger partial charge on any atom is -0.489 e. The fraction of sp³-hybridized carbons (Fsp3) is 0.333. The third-order valence-corrected chi connectivity index (χ3v) is 6.69. The van der Waals surface area contributed by atoms with Crippen molar-refractivity contribution in [2.24, 2.45) is 5.92 Å². The summed E-state index contributed by atoms with van der Waals surface area (Å²) in [7, 11) is 0. The summed E-state index contributed by atoms with van der Waals surface area (Å²) in [5, 5.41) is 10.8. The van der Waals surface area contributed by atoms with Gasteiger partial charge < -0.3 is 19.9 Å². The summed E-state index contributed by atoms with van der Waals surface area (Å²) in [5.41, 5.74) is 0.468. The van der Waals surface area contributed by atoms with Crippen molar-refractivity contribution in [3.8, 4) is 5.75 Å². The van der Waals surface area contributed by atoms with E-state index in [1.807, 2.05) is 17.0 Å². The van der Waals surface area contributed by atoms with Gasteiger partial charge in [-0.1, -0.05) is 12.1 Å². The molecule has 0 aliphatic carbocycles. The highest BCUT2D eigenvalue weighted by molar-refractivity contribution is 5.94. The van der Waals surface area contributed by atoms with Gasteiger partial charge in [0.1, 0.15) is 11.9 Å². The van der Waals surface area contributed by atoms with Gasteiger partial charge in [0, 0.05) is 37.9 Å². The second kappa shape index (κ2) is 10.7. The Morgan fingerprint density at radius 1 is 1.00 bits per heavy atom. The minimum absolute atomic E-state index is 0.0384. The van der Waals surface area contributed by atoms with Gasteiger partial charge in [-0.15, -0.1) is 5.10 Å². The summed E-state index contributed by atoms with van der Waals surface area (Å²) in [6, 6.07) is 15.4. The summed E-state index contributed by atoms with van der Waals surface area (Å²) >= 11 is 0. The molecular formula is C27H26F3N5O3. The molecular weight excluding hydrogens is 499 g/mol. The maximum absolute atomic E-state index is 12.7. The zero-order valence-electron chi connectivity index (χ0n) is 20.4. The molecule has 0 radical (unpaired) electrons. The summed E-state index contributed by atoms with van der Waals surface area (Å²) in [5.74, 6) is 1.05. The number of halogens is 3. The molecule has 1 atom stereocenters. The Labute approximate surface area is 217 Å². The minimum atomic E-state index is -4.40. The molecule has 1 N–H and O–H groups in total. The number of hydrogen-bond acceptors (Lipinski definition) is 6. The van der Waals surface area contributed by atoms with E-state index in [0.717, 1.165) is 18.0 Å². The van der Waals surface area contributed by atoms with Crippen LogP contribution in [0.4, 0.5) is 24.7 Å². The van der Waals surface area contributed by atoms with Crippen LogP contribution < -0.4 is 15.0 Å². The van der Waals surface area contributed by atoms with Crippen molar-refractivity contribution < 1.29 is 27.5 Å². The second-order valence-corrected chi connectivity index (χ2v) is 9.44. The highest BCUT2D eigenvalue weighted by Gasteiger charge is 2.34. The molecule has 2 aromatic carbocycles. The predicted molar refractivity (Wildman–Crippen MR) is 134 cm³/mol. The first-order chi connectivity index (χ1) is 18.2. The van der Waals surface area contributed by atoms with Crippen molar-refractivity contribution in [3.05, 3.63) is 78.0 Å². The number of likely N-dealkylation sites (tertiary alicyclic amines) is 1. The van der Waals surface area contributed by atoms with Gasteiger partial charge in [0.15, 0.2) is 5.82 Å². The van der Waals surface area contributed by atoms with Gasteiger partial charge in [0.25, 0.3) is 0 Å². The lowest BCUT2D eigenvalue weighted by Gasteiger charge is -2.38. The van der Waals surface area contributed by atoms with E-state index >= 15 is 0 Å². The zero-order valence-corrected chi connectivity index (χ0v) is 20.4. The Morgan fingerprint density at radius 2 is 1.74 bits per heavy atom. The number of benzene rings is 2. The standard InChI is InChI=1S/C27H26F3N5O3/c28-27(29,30)20-5-3-18(4-6-20)14-25(36)34-13-11-23(17-34)38-22-9-7-21(8-10-22)32-26(37)19-15-35(16-19)24-2-1-12-31-33-24/h1-10,12,19,23H,11,13-17H2,(H,32,37)/t23-/m1/s1. The molecule has 2 aliphatic heterocycles. The Bertz CT molecular complexity index is 1260. The van der Waals surface area contributed by atoms with E-state index in [1.165, 1.54) is 12.1 Å². The molecule has 8 nitrogen and oxygen atoms in total. The van der Waals surface area contributed by atoms with Gasteiger partial charge in [0.2, 0.25) is 11.8 Å². The van der Waals surface area contributed by atoms with E-state index in [4.69, 9.17) is 4.74 Å². The highest BCUT2D eigenvalue weighted by atomic mass is 19.4. The number of aromatic nitrogens is 2. The lowest BCUT2D eigenvalue weighted by Crippen LogP contribution is -2.52. The van der Waals surface area contributed by atoms with E-state index < -0.39 is 11.7 Å². The second-order valence-electron chi connectivity index (χ2n) is 9.44. The van der Waals surface area contributed by atoms with Gasteiger partial charge in [-0.2, -0.15) is 18.3 Å². The van der Waals surface area contributed by atoms with Crippen molar-refractivity contribution in [2.75, 3.05) is 36.4 Å². The van der Waals surface area contributed by atoms with Crippen molar-refractivity contribution in [2.45, 2.75) is 25.1 Å². The van der Waals surface area contributed by atoms with Crippen molar-refractivity contribution >= 4 is 23.3 Å². The third kappa shape index (κ3) is 6.04. The number of amides is 2. The first-order valence-corrected chi connectivity index (χ1v) is 12.3. The van der Waals surface area contributed by atoms with Gasteiger partial charge in [-0.05, 0) is 54.1 Å². The molecule has 2 fully saturated rings. The molecule has 0 bridgehead atoms. The molecule has 1 aromatic heterocycles. The van der Waals surface area contributed by atoms with E-state index in [2.05, 4.69) is 15.5 Å². The Kier molecular flexibility index (Phi) is 7.17. The average molecular weight is 526 g/mol. The van der Waals surface area contributed by atoms with Crippen molar-refractivity contribution in [3.63, 3.8) is 0 Å². The van der Waals surface area contributed by atoms with Gasteiger partial charge in [-0.3, -0.25) is 9.59 Å². The average Bonchev–Trinajstić information content (AvgIpc) is 3.33. The molecule has 5 rings (SSSR count). The number of nitrogens with one attached hydrogen (secondary N) is 1. The third-order valence-electron chi connectivity index (χ3n) is 6.69. The molecule has 198 valence electrons. The zero-order chi connectivity index (χ0) is 26.7. The van der Waals surface area contributed by atoms with Crippen LogP contribution in [0.15, 0.2) is 66.9 Å². The van der Waals surface area contributed by atoms with Crippen LogP contribution >= 0.6 is 0 Å². The molecule has 0 spiro atoms. The number of rotatable bonds is 7. The van der Waals surface area contributed by atoms with Gasteiger partial charge >= 0.3 is 6.18 Å². The summed E-state index contributed by atoms with van der Waals surface area (Å²) in [4.78, 5) is 28.8. The number of nitrogens with zero attached hydrogens (tertiary/aromatic N) is 4. The number of alkyl halides is 3. The molecule has 2 saturated heterocycles. The van der Waals surface area contributed by atoms with E-state index in [9.17, 15) is 22.8 Å². The van der Waals surface area contributed by atoms with Crippen LogP contribution in [-0.4, -0.2) is 59.2 Å². The molecule has 0 saturated carbocycles. The van der Waals surface area contributed by atoms with Crippen LogP contribution in [0, 0.1) is 5.92 Å². The van der Waals surface area contributed by atoms with E-state index in [0.29, 0.717) is 49.6 Å². The van der Waals surface area contributed by atoms with Crippen LogP contribution in [0.2, 0.25) is 0 Å². The normalized spacial score (nSPS) is 17.7. The SMILES string of the molecule is O=C(Nc1ccc(O[C@@H]2CCN(C(=O)Cc3ccc(C(F)(F)F)cc3)C2)cc1)C1CN(c2cccnn2)C1. The number of anilines is 2. The monoisotopic (exact) mass is 525 g/mol. The molecule has 3 heterocycles. The molecule has 11 heteroatoms. The first kappa shape index (κ1) is 25.5. The molecule has 2 amide bonds. The topological polar surface area (TPSA) is 87.7 Å². The van der Waals surface area contributed by atoms with Gasteiger partial charge in [-0.25, -0.2) is 0 Å².